The third-order valence-electron chi connectivity index (χ3n) is 1.75. The van der Waals surface area contributed by atoms with E-state index in [9.17, 15) is 4.79 Å². The van der Waals surface area contributed by atoms with Crippen molar-refractivity contribution in [2.24, 2.45) is 5.73 Å². The highest BCUT2D eigenvalue weighted by atomic mass is 35.5. The first-order valence-electron chi connectivity index (χ1n) is 4.34. The molecule has 0 aromatic carbocycles. The number of likely N-dealkylation sites (N-methyl/N-ethyl adjacent to an activating group) is 1. The van der Waals surface area contributed by atoms with Crippen molar-refractivity contribution in [3.63, 3.8) is 0 Å². The smallest absolute Gasteiger partial charge is 0.242 e. The summed E-state index contributed by atoms with van der Waals surface area (Å²) in [5, 5.41) is 2.81. The van der Waals surface area contributed by atoms with E-state index >= 15 is 0 Å². The van der Waals surface area contributed by atoms with E-state index in [2.05, 4.69) is 4.98 Å². The summed E-state index contributed by atoms with van der Waals surface area (Å²) < 4.78 is 0. The second-order valence-corrected chi connectivity index (χ2v) is 4.79. The van der Waals surface area contributed by atoms with Crippen molar-refractivity contribution in [3.8, 4) is 0 Å². The van der Waals surface area contributed by atoms with Crippen molar-refractivity contribution in [1.82, 2.24) is 9.88 Å². The molecule has 0 spiro atoms. The number of hydrogen-bond donors (Lipinski definition) is 1. The van der Waals surface area contributed by atoms with Crippen molar-refractivity contribution in [2.75, 3.05) is 7.05 Å². The molecule has 1 heterocycles. The fourth-order valence-electron chi connectivity index (χ4n) is 1.10. The number of halogens is 2. The molecular formula is C9H17Cl2N3OS. The van der Waals surface area contributed by atoms with Crippen LogP contribution in [-0.2, 0) is 11.3 Å². The quantitative estimate of drug-likeness (QED) is 0.919. The average Bonchev–Trinajstić information content (AvgIpc) is 2.53. The first kappa shape index (κ1) is 18.0. The minimum Gasteiger partial charge on any atom is -0.337 e. The van der Waals surface area contributed by atoms with E-state index in [4.69, 9.17) is 5.73 Å². The largest absolute Gasteiger partial charge is 0.337 e. The van der Waals surface area contributed by atoms with Gasteiger partial charge in [-0.25, -0.2) is 4.98 Å². The Morgan fingerprint density at radius 1 is 1.56 bits per heavy atom. The van der Waals surface area contributed by atoms with Crippen LogP contribution < -0.4 is 5.73 Å². The Kier molecular flexibility index (Phi) is 7.95. The van der Waals surface area contributed by atoms with Crippen LogP contribution in [0, 0.1) is 0 Å². The van der Waals surface area contributed by atoms with Crippen LogP contribution in [0.25, 0.3) is 0 Å². The van der Waals surface area contributed by atoms with Gasteiger partial charge in [0.25, 0.3) is 0 Å². The van der Waals surface area contributed by atoms with Crippen molar-refractivity contribution in [2.45, 2.75) is 25.9 Å². The molecule has 0 aliphatic heterocycles. The van der Waals surface area contributed by atoms with E-state index in [0.717, 1.165) is 5.01 Å². The highest BCUT2D eigenvalue weighted by molar-refractivity contribution is 7.09. The molecule has 0 unspecified atom stereocenters. The highest BCUT2D eigenvalue weighted by Gasteiger charge is 2.25. The summed E-state index contributed by atoms with van der Waals surface area (Å²) >= 11 is 1.53. The van der Waals surface area contributed by atoms with Crippen molar-refractivity contribution in [1.29, 1.82) is 0 Å². The Morgan fingerprint density at radius 2 is 2.12 bits per heavy atom. The molecule has 1 aromatic rings. The average molecular weight is 286 g/mol. The normalized spacial score (nSPS) is 10.0. The molecule has 0 saturated heterocycles. The van der Waals surface area contributed by atoms with E-state index in [1.165, 1.54) is 11.3 Å². The van der Waals surface area contributed by atoms with Gasteiger partial charge in [0, 0.05) is 18.6 Å². The first-order chi connectivity index (χ1) is 6.41. The van der Waals surface area contributed by atoms with Crippen LogP contribution in [-0.4, -0.2) is 28.4 Å². The standard InChI is InChI=1S/C9H15N3OS.2ClH/c1-9(2,10)8(13)12(3)6-7-11-4-5-14-7;;/h4-5H,6,10H2,1-3H3;2*1H. The SMILES string of the molecule is CN(Cc1nccs1)C(=O)C(C)(C)N.Cl.Cl. The number of rotatable bonds is 3. The molecule has 2 N–H and O–H groups in total. The lowest BCUT2D eigenvalue weighted by atomic mass is 10.1. The molecule has 94 valence electrons. The maximum absolute atomic E-state index is 11.7. The van der Waals surface area contributed by atoms with Gasteiger partial charge in [-0.3, -0.25) is 4.79 Å². The second kappa shape index (κ2) is 7.06. The number of amides is 1. The van der Waals surface area contributed by atoms with Gasteiger partial charge in [0.2, 0.25) is 5.91 Å². The van der Waals surface area contributed by atoms with Crippen LogP contribution >= 0.6 is 36.2 Å². The van der Waals surface area contributed by atoms with Gasteiger partial charge in [0.15, 0.2) is 0 Å². The van der Waals surface area contributed by atoms with Crippen LogP contribution in [0.4, 0.5) is 0 Å². The first-order valence-corrected chi connectivity index (χ1v) is 5.22. The summed E-state index contributed by atoms with van der Waals surface area (Å²) in [4.78, 5) is 17.4. The van der Waals surface area contributed by atoms with E-state index in [-0.39, 0.29) is 30.7 Å². The molecule has 0 aliphatic rings. The van der Waals surface area contributed by atoms with Crippen LogP contribution in [0.5, 0.6) is 0 Å². The Balaban J connectivity index is 0. The Hall–Kier alpha value is -0.360. The predicted molar refractivity (Wildman–Crippen MR) is 71.4 cm³/mol. The zero-order chi connectivity index (χ0) is 10.8. The second-order valence-electron chi connectivity index (χ2n) is 3.81. The van der Waals surface area contributed by atoms with E-state index in [1.807, 2.05) is 5.38 Å². The minimum atomic E-state index is -0.813. The lowest BCUT2D eigenvalue weighted by Crippen LogP contribution is -2.49. The fourth-order valence-corrected chi connectivity index (χ4v) is 1.77. The lowest BCUT2D eigenvalue weighted by Gasteiger charge is -2.24. The number of nitrogens with two attached hydrogens (primary N) is 1. The van der Waals surface area contributed by atoms with Crippen molar-refractivity contribution < 1.29 is 4.79 Å². The van der Waals surface area contributed by atoms with Crippen molar-refractivity contribution >= 4 is 42.1 Å². The van der Waals surface area contributed by atoms with Gasteiger partial charge in [-0.05, 0) is 13.8 Å². The number of nitrogens with zero attached hydrogens (tertiary/aromatic N) is 2. The lowest BCUT2D eigenvalue weighted by molar-refractivity contribution is -0.134. The van der Waals surface area contributed by atoms with Crippen LogP contribution in [0.1, 0.15) is 18.9 Å². The van der Waals surface area contributed by atoms with Gasteiger partial charge in [-0.2, -0.15) is 0 Å². The molecule has 0 radical (unpaired) electrons. The summed E-state index contributed by atoms with van der Waals surface area (Å²) in [7, 11) is 1.73. The molecular weight excluding hydrogens is 269 g/mol. The topological polar surface area (TPSA) is 59.2 Å². The monoisotopic (exact) mass is 285 g/mol. The maximum atomic E-state index is 11.7. The van der Waals surface area contributed by atoms with Gasteiger partial charge in [-0.15, -0.1) is 36.2 Å². The highest BCUT2D eigenvalue weighted by Crippen LogP contribution is 2.10. The molecule has 4 nitrogen and oxygen atoms in total. The molecule has 0 aliphatic carbocycles. The molecule has 1 rings (SSSR count). The zero-order valence-electron chi connectivity index (χ0n) is 9.47. The molecule has 7 heteroatoms. The Morgan fingerprint density at radius 3 is 2.50 bits per heavy atom. The zero-order valence-corrected chi connectivity index (χ0v) is 11.9. The van der Waals surface area contributed by atoms with Gasteiger partial charge < -0.3 is 10.6 Å². The summed E-state index contributed by atoms with van der Waals surface area (Å²) in [5.74, 6) is -0.0762. The Labute approximate surface area is 112 Å². The molecule has 0 bridgehead atoms. The molecule has 0 fully saturated rings. The van der Waals surface area contributed by atoms with Crippen LogP contribution in [0.3, 0.4) is 0 Å². The minimum absolute atomic E-state index is 0. The van der Waals surface area contributed by atoms with Crippen LogP contribution in [0.15, 0.2) is 11.6 Å². The van der Waals surface area contributed by atoms with E-state index in [0.29, 0.717) is 6.54 Å². The summed E-state index contributed by atoms with van der Waals surface area (Å²) in [6.45, 7) is 3.93. The molecule has 0 atom stereocenters. The van der Waals surface area contributed by atoms with Crippen LogP contribution in [0.2, 0.25) is 0 Å². The van der Waals surface area contributed by atoms with Gasteiger partial charge in [0.1, 0.15) is 5.01 Å². The van der Waals surface area contributed by atoms with Gasteiger partial charge in [-0.1, -0.05) is 0 Å². The number of thiazole rings is 1. The van der Waals surface area contributed by atoms with Gasteiger partial charge >= 0.3 is 0 Å². The van der Waals surface area contributed by atoms with E-state index in [1.54, 1.807) is 32.0 Å². The summed E-state index contributed by atoms with van der Waals surface area (Å²) in [6.07, 6.45) is 1.73. The number of aromatic nitrogens is 1. The third kappa shape index (κ3) is 5.12. The number of carbonyl (C=O) groups excluding carboxylic acids is 1. The summed E-state index contributed by atoms with van der Waals surface area (Å²) in [5.41, 5.74) is 4.89. The third-order valence-corrected chi connectivity index (χ3v) is 2.52. The fraction of sp³-hybridized carbons (Fsp3) is 0.556. The summed E-state index contributed by atoms with van der Waals surface area (Å²) in [6, 6.07) is 0. The van der Waals surface area contributed by atoms with E-state index < -0.39 is 5.54 Å². The Bertz CT molecular complexity index is 311. The van der Waals surface area contributed by atoms with Crippen molar-refractivity contribution in [3.05, 3.63) is 16.6 Å². The number of carbonyl (C=O) groups is 1. The number of hydrogen-bond acceptors (Lipinski definition) is 4. The maximum Gasteiger partial charge on any atom is 0.242 e. The molecule has 16 heavy (non-hydrogen) atoms. The molecule has 1 aromatic heterocycles. The van der Waals surface area contributed by atoms with Gasteiger partial charge in [0.05, 0.1) is 12.1 Å². The molecule has 1 amide bonds. The molecule has 0 saturated carbocycles. The predicted octanol–water partition coefficient (Wildman–Crippen LogP) is 1.68.